The Labute approximate surface area is 135 Å². The largest absolute Gasteiger partial charge is 0.337 e. The Morgan fingerprint density at radius 1 is 1.00 bits per heavy atom. The number of piperidine rings is 1. The van der Waals surface area contributed by atoms with Crippen LogP contribution in [0.3, 0.4) is 0 Å². The first-order valence-corrected chi connectivity index (χ1v) is 9.01. The van der Waals surface area contributed by atoms with Crippen molar-refractivity contribution in [1.82, 2.24) is 19.4 Å². The number of nitrogens with zero attached hydrogens (tertiary/aromatic N) is 4. The van der Waals surface area contributed by atoms with Crippen LogP contribution < -0.4 is 0 Å². The van der Waals surface area contributed by atoms with Gasteiger partial charge in [0.05, 0.1) is 6.33 Å². The van der Waals surface area contributed by atoms with Crippen molar-refractivity contribution in [3.63, 3.8) is 0 Å². The molecule has 22 heavy (non-hydrogen) atoms. The minimum atomic E-state index is 0.418. The minimum absolute atomic E-state index is 0.418. The molecule has 124 valence electrons. The highest BCUT2D eigenvalue weighted by molar-refractivity contribution is 4.83. The molecule has 3 heterocycles. The molecule has 0 bridgehead atoms. The zero-order valence-corrected chi connectivity index (χ0v) is 14.4. The first-order chi connectivity index (χ1) is 10.6. The smallest absolute Gasteiger partial charge is 0.0945 e. The van der Waals surface area contributed by atoms with Gasteiger partial charge in [-0.05, 0) is 63.2 Å². The average Bonchev–Trinajstić information content (AvgIpc) is 3.14. The molecule has 4 nitrogen and oxygen atoms in total. The van der Waals surface area contributed by atoms with E-state index in [9.17, 15) is 0 Å². The van der Waals surface area contributed by atoms with E-state index in [0.29, 0.717) is 5.41 Å². The lowest BCUT2D eigenvalue weighted by molar-refractivity contribution is 0.0990. The highest BCUT2D eigenvalue weighted by Crippen LogP contribution is 2.25. The zero-order valence-electron chi connectivity index (χ0n) is 14.4. The van der Waals surface area contributed by atoms with E-state index in [4.69, 9.17) is 0 Å². The Morgan fingerprint density at radius 3 is 2.23 bits per heavy atom. The van der Waals surface area contributed by atoms with Gasteiger partial charge in [-0.15, -0.1) is 0 Å². The van der Waals surface area contributed by atoms with Crippen molar-refractivity contribution in [2.45, 2.75) is 46.1 Å². The monoisotopic (exact) mass is 304 g/mol. The van der Waals surface area contributed by atoms with Crippen molar-refractivity contribution < 1.29 is 0 Å². The zero-order chi connectivity index (χ0) is 15.4. The summed E-state index contributed by atoms with van der Waals surface area (Å²) in [5.74, 6) is 0.826. The summed E-state index contributed by atoms with van der Waals surface area (Å²) in [4.78, 5) is 9.50. The summed E-state index contributed by atoms with van der Waals surface area (Å²) in [6.45, 7) is 13.7. The van der Waals surface area contributed by atoms with Gasteiger partial charge in [-0.2, -0.15) is 0 Å². The van der Waals surface area contributed by atoms with Crippen LogP contribution in [0.1, 0.15) is 39.5 Å². The van der Waals surface area contributed by atoms with Gasteiger partial charge in [0.2, 0.25) is 0 Å². The molecule has 0 saturated carbocycles. The predicted molar refractivity (Wildman–Crippen MR) is 90.8 cm³/mol. The van der Waals surface area contributed by atoms with E-state index >= 15 is 0 Å². The second kappa shape index (κ2) is 7.14. The van der Waals surface area contributed by atoms with Crippen molar-refractivity contribution in [1.29, 1.82) is 0 Å². The van der Waals surface area contributed by atoms with E-state index < -0.39 is 0 Å². The van der Waals surface area contributed by atoms with Crippen LogP contribution in [0.15, 0.2) is 18.7 Å². The van der Waals surface area contributed by atoms with Crippen molar-refractivity contribution >= 4 is 0 Å². The lowest BCUT2D eigenvalue weighted by Gasteiger charge is -2.39. The van der Waals surface area contributed by atoms with E-state index in [-0.39, 0.29) is 0 Å². The van der Waals surface area contributed by atoms with E-state index in [2.05, 4.69) is 39.4 Å². The molecule has 3 rings (SSSR count). The van der Waals surface area contributed by atoms with Crippen molar-refractivity contribution in [2.24, 2.45) is 11.3 Å². The van der Waals surface area contributed by atoms with E-state index in [0.717, 1.165) is 12.5 Å². The van der Waals surface area contributed by atoms with Crippen LogP contribution in [0.5, 0.6) is 0 Å². The van der Waals surface area contributed by atoms with Crippen LogP contribution in [0.4, 0.5) is 0 Å². The van der Waals surface area contributed by atoms with Gasteiger partial charge >= 0.3 is 0 Å². The molecular weight excluding hydrogens is 272 g/mol. The van der Waals surface area contributed by atoms with Crippen LogP contribution in [-0.4, -0.2) is 58.6 Å². The lowest BCUT2D eigenvalue weighted by atomic mass is 9.89. The molecule has 1 aromatic heterocycles. The van der Waals surface area contributed by atoms with E-state index in [1.54, 1.807) is 0 Å². The van der Waals surface area contributed by atoms with Crippen LogP contribution in [-0.2, 0) is 6.54 Å². The topological polar surface area (TPSA) is 24.3 Å². The number of hydrogen-bond acceptors (Lipinski definition) is 3. The molecule has 4 heteroatoms. The SMILES string of the molecule is CC(C)(CN1CCCC1)CN1CCC(Cn2ccnc2)CC1. The summed E-state index contributed by atoms with van der Waals surface area (Å²) in [6.07, 6.45) is 11.4. The Hall–Kier alpha value is -0.870. The van der Waals surface area contributed by atoms with Gasteiger partial charge in [0.1, 0.15) is 0 Å². The fourth-order valence-electron chi connectivity index (χ4n) is 4.22. The van der Waals surface area contributed by atoms with Crippen LogP contribution in [0.2, 0.25) is 0 Å². The molecule has 2 aliphatic rings. The molecule has 2 aliphatic heterocycles. The van der Waals surface area contributed by atoms with Gasteiger partial charge in [0.25, 0.3) is 0 Å². The van der Waals surface area contributed by atoms with Gasteiger partial charge in [-0.3, -0.25) is 0 Å². The Bertz CT molecular complexity index is 426. The molecule has 0 atom stereocenters. The summed E-state index contributed by atoms with van der Waals surface area (Å²) in [5, 5.41) is 0. The summed E-state index contributed by atoms with van der Waals surface area (Å²) in [7, 11) is 0. The minimum Gasteiger partial charge on any atom is -0.337 e. The molecule has 0 aliphatic carbocycles. The molecule has 0 unspecified atom stereocenters. The quantitative estimate of drug-likeness (QED) is 0.807. The summed E-state index contributed by atoms with van der Waals surface area (Å²) in [6, 6.07) is 0. The Balaban J connectivity index is 1.40. The van der Waals surface area contributed by atoms with E-state index in [1.807, 2.05) is 12.5 Å². The number of imidazole rings is 1. The van der Waals surface area contributed by atoms with Crippen molar-refractivity contribution in [3.05, 3.63) is 18.7 Å². The maximum absolute atomic E-state index is 4.15. The van der Waals surface area contributed by atoms with Gasteiger partial charge in [0, 0.05) is 32.0 Å². The first-order valence-electron chi connectivity index (χ1n) is 9.01. The van der Waals surface area contributed by atoms with Gasteiger partial charge in [-0.25, -0.2) is 4.98 Å². The fraction of sp³-hybridized carbons (Fsp3) is 0.833. The van der Waals surface area contributed by atoms with Crippen LogP contribution in [0, 0.1) is 11.3 Å². The molecule has 2 saturated heterocycles. The molecule has 0 N–H and O–H groups in total. The van der Waals surface area contributed by atoms with Crippen molar-refractivity contribution in [2.75, 3.05) is 39.3 Å². The van der Waals surface area contributed by atoms with E-state index in [1.165, 1.54) is 65.0 Å². The standard InChI is InChI=1S/C18H32N4/c1-18(2,14-20-8-3-4-9-20)15-21-10-5-17(6-11-21)13-22-12-7-19-16-22/h7,12,16-17H,3-6,8-11,13-15H2,1-2H3. The van der Waals surface area contributed by atoms with Gasteiger partial charge < -0.3 is 14.4 Å². The summed E-state index contributed by atoms with van der Waals surface area (Å²) < 4.78 is 2.23. The molecule has 0 radical (unpaired) electrons. The summed E-state index contributed by atoms with van der Waals surface area (Å²) >= 11 is 0. The number of hydrogen-bond donors (Lipinski definition) is 0. The third kappa shape index (κ3) is 4.56. The molecule has 0 amide bonds. The number of aromatic nitrogens is 2. The molecule has 2 fully saturated rings. The van der Waals surface area contributed by atoms with Gasteiger partial charge in [-0.1, -0.05) is 13.8 Å². The second-order valence-corrected chi connectivity index (χ2v) is 8.13. The average molecular weight is 304 g/mol. The fourth-order valence-corrected chi connectivity index (χ4v) is 4.22. The highest BCUT2D eigenvalue weighted by atomic mass is 15.2. The first kappa shape index (κ1) is 16.0. The maximum atomic E-state index is 4.15. The number of likely N-dealkylation sites (tertiary alicyclic amines) is 2. The van der Waals surface area contributed by atoms with Crippen LogP contribution >= 0.6 is 0 Å². The molecule has 0 spiro atoms. The third-order valence-corrected chi connectivity index (χ3v) is 5.24. The third-order valence-electron chi connectivity index (χ3n) is 5.24. The lowest BCUT2D eigenvalue weighted by Crippen LogP contribution is -2.44. The Kier molecular flexibility index (Phi) is 5.19. The normalized spacial score (nSPS) is 22.5. The Morgan fingerprint density at radius 2 is 1.64 bits per heavy atom. The molecule has 1 aromatic rings. The molecular formula is C18H32N4. The maximum Gasteiger partial charge on any atom is 0.0945 e. The van der Waals surface area contributed by atoms with Crippen LogP contribution in [0.25, 0.3) is 0 Å². The van der Waals surface area contributed by atoms with Crippen molar-refractivity contribution in [3.8, 4) is 0 Å². The van der Waals surface area contributed by atoms with Gasteiger partial charge in [0.15, 0.2) is 0 Å². The second-order valence-electron chi connectivity index (χ2n) is 8.13. The summed E-state index contributed by atoms with van der Waals surface area (Å²) in [5.41, 5.74) is 0.418. The highest BCUT2D eigenvalue weighted by Gasteiger charge is 2.28. The predicted octanol–water partition coefficient (Wildman–Crippen LogP) is 2.72. The number of rotatable bonds is 6. The molecule has 0 aromatic carbocycles.